The fourth-order valence-electron chi connectivity index (χ4n) is 3.51. The number of carbonyl (C=O) groups is 2. The third-order valence-corrected chi connectivity index (χ3v) is 6.48. The molecule has 0 atom stereocenters. The highest BCUT2D eigenvalue weighted by molar-refractivity contribution is 7.89. The average molecular weight is 424 g/mol. The Morgan fingerprint density at radius 1 is 1.00 bits per heavy atom. The predicted molar refractivity (Wildman–Crippen MR) is 113 cm³/mol. The maximum atomic E-state index is 13.4. The summed E-state index contributed by atoms with van der Waals surface area (Å²) in [6, 6.07) is 16.9. The molecule has 2 aromatic carbocycles. The smallest absolute Gasteiger partial charge is 0.300 e. The Bertz CT molecular complexity index is 1350. The first-order chi connectivity index (χ1) is 14.3. The standard InChI is InChI=1S/C22H20N2O5S/c1-3-12-23(30(27,28)21-14-17-9-5-7-11-20(17)29-21)22(26)19-13-16-8-4-6-10-18(16)24(19)15(2)25/h4-11,13-14H,3,12H2,1-2H3. The van der Waals surface area contributed by atoms with Crippen molar-refractivity contribution in [3.05, 3.63) is 66.4 Å². The van der Waals surface area contributed by atoms with Gasteiger partial charge in [-0.3, -0.25) is 14.2 Å². The molecule has 2 aromatic heterocycles. The molecule has 4 aromatic rings. The Hall–Kier alpha value is -3.39. The van der Waals surface area contributed by atoms with E-state index in [0.29, 0.717) is 28.3 Å². The van der Waals surface area contributed by atoms with Gasteiger partial charge in [-0.2, -0.15) is 8.42 Å². The van der Waals surface area contributed by atoms with Gasteiger partial charge in [-0.1, -0.05) is 43.3 Å². The number of fused-ring (bicyclic) bond motifs is 2. The van der Waals surface area contributed by atoms with Gasteiger partial charge < -0.3 is 4.42 Å². The summed E-state index contributed by atoms with van der Waals surface area (Å²) in [5, 5.41) is 0.988. The first-order valence-electron chi connectivity index (χ1n) is 9.51. The molecule has 1 amide bonds. The summed E-state index contributed by atoms with van der Waals surface area (Å²) in [7, 11) is -4.26. The van der Waals surface area contributed by atoms with Crippen LogP contribution >= 0.6 is 0 Å². The van der Waals surface area contributed by atoms with Crippen LogP contribution in [0.3, 0.4) is 0 Å². The topological polar surface area (TPSA) is 89.6 Å². The Balaban J connectivity index is 1.85. The number of hydrogen-bond donors (Lipinski definition) is 0. The lowest BCUT2D eigenvalue weighted by Crippen LogP contribution is -2.38. The van der Waals surface area contributed by atoms with Crippen LogP contribution in [-0.4, -0.2) is 35.6 Å². The molecule has 0 saturated carbocycles. The van der Waals surface area contributed by atoms with Crippen LogP contribution in [0.2, 0.25) is 0 Å². The molecule has 0 aliphatic heterocycles. The van der Waals surface area contributed by atoms with Crippen molar-refractivity contribution < 1.29 is 22.4 Å². The fourth-order valence-corrected chi connectivity index (χ4v) is 4.93. The van der Waals surface area contributed by atoms with E-state index in [1.165, 1.54) is 23.6 Å². The summed E-state index contributed by atoms with van der Waals surface area (Å²) in [6.45, 7) is 3.06. The van der Waals surface area contributed by atoms with Crippen molar-refractivity contribution in [1.82, 2.24) is 8.87 Å². The first-order valence-corrected chi connectivity index (χ1v) is 11.0. The molecule has 0 radical (unpaired) electrons. The second kappa shape index (κ2) is 7.46. The molecule has 8 heteroatoms. The molecule has 0 N–H and O–H groups in total. The largest absolute Gasteiger partial charge is 0.443 e. The van der Waals surface area contributed by atoms with Crippen molar-refractivity contribution in [2.45, 2.75) is 25.4 Å². The lowest BCUT2D eigenvalue weighted by Gasteiger charge is -2.21. The van der Waals surface area contributed by atoms with Gasteiger partial charge in [-0.15, -0.1) is 0 Å². The molecule has 0 bridgehead atoms. The van der Waals surface area contributed by atoms with E-state index in [4.69, 9.17) is 4.42 Å². The van der Waals surface area contributed by atoms with Crippen LogP contribution in [0.25, 0.3) is 21.9 Å². The van der Waals surface area contributed by atoms with E-state index in [2.05, 4.69) is 0 Å². The van der Waals surface area contributed by atoms with Gasteiger partial charge in [-0.05, 0) is 24.6 Å². The highest BCUT2D eigenvalue weighted by atomic mass is 32.2. The van der Waals surface area contributed by atoms with Gasteiger partial charge in [0.05, 0.1) is 5.52 Å². The summed E-state index contributed by atoms with van der Waals surface area (Å²) in [6.07, 6.45) is 0.408. The Morgan fingerprint density at radius 2 is 1.67 bits per heavy atom. The van der Waals surface area contributed by atoms with Crippen LogP contribution in [0.15, 0.2) is 70.2 Å². The van der Waals surface area contributed by atoms with Crippen molar-refractivity contribution in [2.75, 3.05) is 6.54 Å². The Labute approximate surface area is 173 Å². The third kappa shape index (κ3) is 3.19. The van der Waals surface area contributed by atoms with Crippen LogP contribution in [-0.2, 0) is 10.0 Å². The van der Waals surface area contributed by atoms with E-state index in [1.54, 1.807) is 55.5 Å². The van der Waals surface area contributed by atoms with Gasteiger partial charge in [-0.25, -0.2) is 4.31 Å². The van der Waals surface area contributed by atoms with E-state index in [1.807, 2.05) is 0 Å². The number of carbonyl (C=O) groups excluding carboxylic acids is 2. The van der Waals surface area contributed by atoms with E-state index >= 15 is 0 Å². The highest BCUT2D eigenvalue weighted by Gasteiger charge is 2.34. The van der Waals surface area contributed by atoms with Crippen LogP contribution < -0.4 is 0 Å². The lowest BCUT2D eigenvalue weighted by molar-refractivity contribution is 0.0826. The maximum absolute atomic E-state index is 13.4. The quantitative estimate of drug-likeness (QED) is 0.477. The van der Waals surface area contributed by atoms with E-state index in [0.717, 1.165) is 4.31 Å². The minimum Gasteiger partial charge on any atom is -0.443 e. The van der Waals surface area contributed by atoms with Crippen molar-refractivity contribution in [3.63, 3.8) is 0 Å². The number of nitrogens with zero attached hydrogens (tertiary/aromatic N) is 2. The SMILES string of the molecule is CCCN(C(=O)c1cc2ccccc2n1C(C)=O)S(=O)(=O)c1cc2ccccc2o1. The van der Waals surface area contributed by atoms with Gasteiger partial charge in [0, 0.05) is 30.3 Å². The molecule has 0 fully saturated rings. The number of furan rings is 1. The highest BCUT2D eigenvalue weighted by Crippen LogP contribution is 2.28. The zero-order valence-electron chi connectivity index (χ0n) is 16.5. The molecule has 0 spiro atoms. The van der Waals surface area contributed by atoms with Gasteiger partial charge in [0.2, 0.25) is 11.0 Å². The number of para-hydroxylation sites is 2. The number of hydrogen-bond acceptors (Lipinski definition) is 5. The number of benzene rings is 2. The molecule has 4 rings (SSSR count). The first kappa shape index (κ1) is 19.9. The number of amides is 1. The summed E-state index contributed by atoms with van der Waals surface area (Å²) >= 11 is 0. The summed E-state index contributed by atoms with van der Waals surface area (Å²) in [4.78, 5) is 25.7. The van der Waals surface area contributed by atoms with Crippen molar-refractivity contribution in [3.8, 4) is 0 Å². The lowest BCUT2D eigenvalue weighted by atomic mass is 10.2. The Kier molecular flexibility index (Phi) is 4.95. The number of aromatic nitrogens is 1. The van der Waals surface area contributed by atoms with Crippen molar-refractivity contribution >= 4 is 43.7 Å². The summed E-state index contributed by atoms with van der Waals surface area (Å²) < 4.78 is 34.2. The predicted octanol–water partition coefficient (Wildman–Crippen LogP) is 4.29. The van der Waals surface area contributed by atoms with Gasteiger partial charge >= 0.3 is 0 Å². The molecular weight excluding hydrogens is 404 g/mol. The fraction of sp³-hybridized carbons (Fsp3) is 0.182. The molecule has 0 aliphatic carbocycles. The number of rotatable bonds is 5. The second-order valence-electron chi connectivity index (χ2n) is 6.93. The second-order valence-corrected chi connectivity index (χ2v) is 8.72. The monoisotopic (exact) mass is 424 g/mol. The molecule has 7 nitrogen and oxygen atoms in total. The zero-order valence-corrected chi connectivity index (χ0v) is 17.3. The molecule has 154 valence electrons. The van der Waals surface area contributed by atoms with E-state index in [-0.39, 0.29) is 23.2 Å². The molecular formula is C22H20N2O5S. The molecule has 30 heavy (non-hydrogen) atoms. The van der Waals surface area contributed by atoms with Gasteiger partial charge in [0.1, 0.15) is 11.3 Å². The van der Waals surface area contributed by atoms with Crippen LogP contribution in [0.1, 0.15) is 35.6 Å². The van der Waals surface area contributed by atoms with E-state index in [9.17, 15) is 18.0 Å². The number of sulfonamides is 1. The molecule has 0 saturated heterocycles. The van der Waals surface area contributed by atoms with Gasteiger partial charge in [0.15, 0.2) is 0 Å². The molecule has 0 aliphatic rings. The average Bonchev–Trinajstić information content (AvgIpc) is 3.33. The van der Waals surface area contributed by atoms with Crippen LogP contribution in [0.5, 0.6) is 0 Å². The zero-order chi connectivity index (χ0) is 21.5. The van der Waals surface area contributed by atoms with Crippen molar-refractivity contribution in [1.29, 1.82) is 0 Å². The summed E-state index contributed by atoms with van der Waals surface area (Å²) in [5.41, 5.74) is 0.959. The molecule has 2 heterocycles. The maximum Gasteiger partial charge on any atom is 0.300 e. The minimum absolute atomic E-state index is 0.00293. The Morgan fingerprint density at radius 3 is 2.33 bits per heavy atom. The van der Waals surface area contributed by atoms with Gasteiger partial charge in [0.25, 0.3) is 15.9 Å². The van der Waals surface area contributed by atoms with E-state index < -0.39 is 15.9 Å². The van der Waals surface area contributed by atoms with Crippen LogP contribution in [0.4, 0.5) is 0 Å². The molecule has 0 unspecified atom stereocenters. The normalized spacial score (nSPS) is 11.8. The summed E-state index contributed by atoms with van der Waals surface area (Å²) in [5.74, 6) is -1.15. The van der Waals surface area contributed by atoms with Crippen LogP contribution in [0, 0.1) is 0 Å². The third-order valence-electron chi connectivity index (χ3n) is 4.85. The van der Waals surface area contributed by atoms with Crippen molar-refractivity contribution in [2.24, 2.45) is 0 Å². The minimum atomic E-state index is -4.26.